The molecule has 0 aliphatic carbocycles. The van der Waals surface area contributed by atoms with Crippen LogP contribution in [-0.4, -0.2) is 24.5 Å². The van der Waals surface area contributed by atoms with E-state index in [0.29, 0.717) is 0 Å². The van der Waals surface area contributed by atoms with E-state index in [1.165, 1.54) is 0 Å². The molecule has 0 spiro atoms. The van der Waals surface area contributed by atoms with Gasteiger partial charge in [0.25, 0.3) is 0 Å². The molecule has 0 N–H and O–H groups in total. The molecule has 30 heavy (non-hydrogen) atoms. The maximum atomic E-state index is 6.28. The Kier molecular flexibility index (Phi) is 5.63. The van der Waals surface area contributed by atoms with Gasteiger partial charge in [-0.25, -0.2) is 0 Å². The SMILES string of the molecule is CC1(C)OB(c2ccccc2C=NC(c2ccccc2)c2ccccc2)OC1(C)C. The van der Waals surface area contributed by atoms with Crippen LogP contribution in [0.1, 0.15) is 50.4 Å². The smallest absolute Gasteiger partial charge is 0.399 e. The van der Waals surface area contributed by atoms with Gasteiger partial charge in [-0.3, -0.25) is 4.99 Å². The minimum atomic E-state index is -0.412. The van der Waals surface area contributed by atoms with Gasteiger partial charge in [0.05, 0.1) is 17.2 Å². The fourth-order valence-electron chi connectivity index (χ4n) is 3.60. The highest BCUT2D eigenvalue weighted by molar-refractivity contribution is 6.63. The molecule has 0 saturated carbocycles. The molecule has 0 radical (unpaired) electrons. The normalized spacial score (nSPS) is 17.7. The van der Waals surface area contributed by atoms with Crippen LogP contribution in [0.5, 0.6) is 0 Å². The standard InChI is InChI=1S/C26H28BNO2/c1-25(2)26(3,4)30-27(29-25)23-18-12-11-17-22(23)19-28-24(20-13-7-5-8-14-20)21-15-9-6-10-16-21/h5-19,24H,1-4H3. The molecule has 3 nitrogen and oxygen atoms in total. The summed E-state index contributed by atoms with van der Waals surface area (Å²) in [6.45, 7) is 8.30. The second-order valence-electron chi connectivity index (χ2n) is 8.72. The molecular formula is C26H28BNO2. The number of aliphatic imine (C=N–C) groups is 1. The zero-order valence-corrected chi connectivity index (χ0v) is 18.1. The number of hydrogen-bond acceptors (Lipinski definition) is 3. The molecule has 1 fully saturated rings. The minimum absolute atomic E-state index is 0.0706. The van der Waals surface area contributed by atoms with Crippen LogP contribution in [-0.2, 0) is 9.31 Å². The minimum Gasteiger partial charge on any atom is -0.399 e. The second kappa shape index (κ2) is 8.21. The van der Waals surface area contributed by atoms with Crippen molar-refractivity contribution < 1.29 is 9.31 Å². The van der Waals surface area contributed by atoms with Crippen molar-refractivity contribution in [1.29, 1.82) is 0 Å². The van der Waals surface area contributed by atoms with Gasteiger partial charge in [0.2, 0.25) is 0 Å². The molecule has 1 aliphatic rings. The summed E-state index contributed by atoms with van der Waals surface area (Å²) in [7, 11) is -0.412. The Morgan fingerprint density at radius 3 is 1.70 bits per heavy atom. The van der Waals surface area contributed by atoms with Crippen LogP contribution in [0.25, 0.3) is 0 Å². The molecule has 4 heteroatoms. The monoisotopic (exact) mass is 397 g/mol. The largest absolute Gasteiger partial charge is 0.495 e. The second-order valence-corrected chi connectivity index (χ2v) is 8.72. The average Bonchev–Trinajstić information content (AvgIpc) is 2.97. The van der Waals surface area contributed by atoms with Gasteiger partial charge < -0.3 is 9.31 Å². The Balaban J connectivity index is 1.68. The van der Waals surface area contributed by atoms with Crippen LogP contribution in [0.15, 0.2) is 89.9 Å². The molecule has 0 unspecified atom stereocenters. The lowest BCUT2D eigenvalue weighted by atomic mass is 9.76. The molecule has 3 aromatic carbocycles. The molecule has 1 heterocycles. The third-order valence-corrected chi connectivity index (χ3v) is 6.10. The highest BCUT2D eigenvalue weighted by atomic mass is 16.7. The molecule has 1 aliphatic heterocycles. The van der Waals surface area contributed by atoms with E-state index in [0.717, 1.165) is 22.2 Å². The molecule has 0 amide bonds. The molecule has 4 rings (SSSR count). The van der Waals surface area contributed by atoms with Crippen molar-refractivity contribution in [1.82, 2.24) is 0 Å². The Labute approximate surface area is 179 Å². The maximum absolute atomic E-state index is 6.28. The Morgan fingerprint density at radius 1 is 0.700 bits per heavy atom. The third-order valence-electron chi connectivity index (χ3n) is 6.10. The van der Waals surface area contributed by atoms with E-state index in [-0.39, 0.29) is 17.2 Å². The first-order chi connectivity index (χ1) is 14.4. The Hall–Kier alpha value is -2.69. The summed E-state index contributed by atoms with van der Waals surface area (Å²) in [6, 6.07) is 28.9. The lowest BCUT2D eigenvalue weighted by molar-refractivity contribution is 0.00578. The number of nitrogens with zero attached hydrogens (tertiary/aromatic N) is 1. The average molecular weight is 397 g/mol. The first kappa shape index (κ1) is 20.6. The summed E-state index contributed by atoms with van der Waals surface area (Å²) in [4.78, 5) is 5.00. The number of benzene rings is 3. The van der Waals surface area contributed by atoms with Crippen LogP contribution in [0.2, 0.25) is 0 Å². The predicted octanol–water partition coefficient (Wildman–Crippen LogP) is 5.19. The van der Waals surface area contributed by atoms with Crippen molar-refractivity contribution in [3.63, 3.8) is 0 Å². The van der Waals surface area contributed by atoms with Gasteiger partial charge in [-0.05, 0) is 49.8 Å². The molecule has 0 atom stereocenters. The molecule has 1 saturated heterocycles. The van der Waals surface area contributed by atoms with Crippen LogP contribution in [0.4, 0.5) is 0 Å². The molecule has 0 bridgehead atoms. The lowest BCUT2D eigenvalue weighted by Gasteiger charge is -2.32. The van der Waals surface area contributed by atoms with Crippen LogP contribution >= 0.6 is 0 Å². The first-order valence-electron chi connectivity index (χ1n) is 10.4. The van der Waals surface area contributed by atoms with Gasteiger partial charge in [0.15, 0.2) is 0 Å². The van der Waals surface area contributed by atoms with Crippen molar-refractivity contribution >= 4 is 18.8 Å². The summed E-state index contributed by atoms with van der Waals surface area (Å²) in [6.07, 6.45) is 1.95. The Morgan fingerprint density at radius 2 is 1.17 bits per heavy atom. The lowest BCUT2D eigenvalue weighted by Crippen LogP contribution is -2.41. The summed E-state index contributed by atoms with van der Waals surface area (Å²) >= 11 is 0. The number of rotatable bonds is 5. The summed E-state index contributed by atoms with van der Waals surface area (Å²) in [5.74, 6) is 0. The highest BCUT2D eigenvalue weighted by Crippen LogP contribution is 2.36. The van der Waals surface area contributed by atoms with Crippen molar-refractivity contribution in [2.45, 2.75) is 44.9 Å². The van der Waals surface area contributed by atoms with Crippen LogP contribution < -0.4 is 5.46 Å². The van der Waals surface area contributed by atoms with E-state index in [9.17, 15) is 0 Å². The quantitative estimate of drug-likeness (QED) is 0.438. The first-order valence-corrected chi connectivity index (χ1v) is 10.4. The van der Waals surface area contributed by atoms with Gasteiger partial charge in [-0.1, -0.05) is 84.9 Å². The van der Waals surface area contributed by atoms with Gasteiger partial charge in [-0.2, -0.15) is 0 Å². The summed E-state index contributed by atoms with van der Waals surface area (Å²) < 4.78 is 12.6. The molecule has 0 aromatic heterocycles. The van der Waals surface area contributed by atoms with Gasteiger partial charge in [0, 0.05) is 6.21 Å². The van der Waals surface area contributed by atoms with Gasteiger partial charge in [-0.15, -0.1) is 0 Å². The van der Waals surface area contributed by atoms with Crippen LogP contribution in [0, 0.1) is 0 Å². The van der Waals surface area contributed by atoms with E-state index < -0.39 is 7.12 Å². The van der Waals surface area contributed by atoms with E-state index in [2.05, 4.69) is 88.4 Å². The van der Waals surface area contributed by atoms with E-state index in [1.807, 2.05) is 30.5 Å². The molecule has 3 aromatic rings. The maximum Gasteiger partial charge on any atom is 0.495 e. The fourth-order valence-corrected chi connectivity index (χ4v) is 3.60. The third kappa shape index (κ3) is 4.11. The van der Waals surface area contributed by atoms with Gasteiger partial charge in [0.1, 0.15) is 0 Å². The van der Waals surface area contributed by atoms with Crippen molar-refractivity contribution in [3.05, 3.63) is 102 Å². The summed E-state index contributed by atoms with van der Waals surface area (Å²) in [5.41, 5.74) is 3.57. The summed E-state index contributed by atoms with van der Waals surface area (Å²) in [5, 5.41) is 0. The van der Waals surface area contributed by atoms with Gasteiger partial charge >= 0.3 is 7.12 Å². The number of hydrogen-bond donors (Lipinski definition) is 0. The van der Waals surface area contributed by atoms with Crippen molar-refractivity contribution in [2.24, 2.45) is 4.99 Å². The highest BCUT2D eigenvalue weighted by Gasteiger charge is 2.52. The zero-order valence-electron chi connectivity index (χ0n) is 18.1. The predicted molar refractivity (Wildman–Crippen MR) is 124 cm³/mol. The Bertz CT molecular complexity index is 960. The topological polar surface area (TPSA) is 30.8 Å². The van der Waals surface area contributed by atoms with Crippen LogP contribution in [0.3, 0.4) is 0 Å². The zero-order chi connectivity index (χ0) is 21.2. The fraction of sp³-hybridized carbons (Fsp3) is 0.269. The van der Waals surface area contributed by atoms with E-state index in [4.69, 9.17) is 14.3 Å². The van der Waals surface area contributed by atoms with E-state index in [1.54, 1.807) is 0 Å². The molecule has 152 valence electrons. The molecular weight excluding hydrogens is 369 g/mol. The van der Waals surface area contributed by atoms with Crippen molar-refractivity contribution in [2.75, 3.05) is 0 Å². The van der Waals surface area contributed by atoms with E-state index >= 15 is 0 Å². The van der Waals surface area contributed by atoms with Crippen molar-refractivity contribution in [3.8, 4) is 0 Å².